The normalized spacial score (nSPS) is 17.3. The predicted octanol–water partition coefficient (Wildman–Crippen LogP) is 2.11. The van der Waals surface area contributed by atoms with Crippen LogP contribution in [0.2, 0.25) is 0 Å². The van der Waals surface area contributed by atoms with E-state index >= 15 is 0 Å². The number of rotatable bonds is 7. The van der Waals surface area contributed by atoms with E-state index in [2.05, 4.69) is 15.3 Å². The maximum atomic E-state index is 12.1. The van der Waals surface area contributed by atoms with Gasteiger partial charge in [-0.3, -0.25) is 14.6 Å². The molecular weight excluding hydrogens is 348 g/mol. The Hall–Kier alpha value is -3.26. The van der Waals surface area contributed by atoms with Crippen molar-refractivity contribution in [2.24, 2.45) is 0 Å². The summed E-state index contributed by atoms with van der Waals surface area (Å²) in [5.74, 6) is -0.518. The van der Waals surface area contributed by atoms with E-state index < -0.39 is 5.97 Å². The Bertz CT molecular complexity index is 808. The zero-order valence-electron chi connectivity index (χ0n) is 14.6. The van der Waals surface area contributed by atoms with E-state index in [0.29, 0.717) is 37.5 Å². The predicted molar refractivity (Wildman–Crippen MR) is 98.3 cm³/mol. The maximum absolute atomic E-state index is 12.1. The Morgan fingerprint density at radius 1 is 1.30 bits per heavy atom. The number of aliphatic carboxylic acids is 1. The highest BCUT2D eigenvalue weighted by atomic mass is 16.7. The van der Waals surface area contributed by atoms with Crippen LogP contribution in [-0.4, -0.2) is 44.6 Å². The molecule has 1 aromatic heterocycles. The van der Waals surface area contributed by atoms with E-state index in [9.17, 15) is 9.59 Å². The molecule has 2 heterocycles. The summed E-state index contributed by atoms with van der Waals surface area (Å²) >= 11 is 0. The van der Waals surface area contributed by atoms with Gasteiger partial charge in [-0.2, -0.15) is 0 Å². The molecule has 1 saturated heterocycles. The second-order valence-electron chi connectivity index (χ2n) is 6.09. The fourth-order valence-electron chi connectivity index (χ4n) is 2.65. The number of nitrogens with one attached hydrogen (secondary N) is 1. The average molecular weight is 368 g/mol. The Morgan fingerprint density at radius 3 is 2.81 bits per heavy atom. The summed E-state index contributed by atoms with van der Waals surface area (Å²) in [6.45, 7) is 0.748. The molecule has 27 heavy (non-hydrogen) atoms. The van der Waals surface area contributed by atoms with Crippen molar-refractivity contribution in [1.82, 2.24) is 15.0 Å². The number of carboxylic acid groups (broad SMARTS) is 1. The fourth-order valence-corrected chi connectivity index (χ4v) is 2.65. The van der Waals surface area contributed by atoms with Crippen LogP contribution in [0.3, 0.4) is 0 Å². The number of anilines is 1. The number of carbonyl (C=O) groups excluding carboxylic acids is 1. The molecule has 0 saturated carbocycles. The number of carboxylic acids is 1. The van der Waals surface area contributed by atoms with Crippen molar-refractivity contribution in [1.29, 1.82) is 0 Å². The number of amides is 1. The van der Waals surface area contributed by atoms with Crippen LogP contribution in [0.4, 0.5) is 5.82 Å². The van der Waals surface area contributed by atoms with Gasteiger partial charge in [0.05, 0.1) is 24.6 Å². The van der Waals surface area contributed by atoms with Gasteiger partial charge in [0.1, 0.15) is 12.4 Å². The zero-order valence-corrected chi connectivity index (χ0v) is 14.6. The van der Waals surface area contributed by atoms with Crippen molar-refractivity contribution >= 4 is 23.8 Å². The molecule has 0 aliphatic carbocycles. The molecule has 8 nitrogen and oxygen atoms in total. The minimum Gasteiger partial charge on any atom is -0.478 e. The van der Waals surface area contributed by atoms with Crippen LogP contribution in [0.5, 0.6) is 0 Å². The van der Waals surface area contributed by atoms with Crippen LogP contribution >= 0.6 is 0 Å². The van der Waals surface area contributed by atoms with Gasteiger partial charge in [-0.15, -0.1) is 0 Å². The van der Waals surface area contributed by atoms with Gasteiger partial charge in [-0.25, -0.2) is 14.8 Å². The first-order valence-corrected chi connectivity index (χ1v) is 8.57. The molecule has 1 fully saturated rings. The molecule has 8 heteroatoms. The molecule has 140 valence electrons. The van der Waals surface area contributed by atoms with Crippen molar-refractivity contribution in [3.8, 4) is 0 Å². The standard InChI is InChI=1S/C19H20N4O4/c24-18-8-6-16(12-23(18)27-13-14-4-2-1-3-5-14)22-17-11-20-15(10-21-17)7-9-19(25)26/h1-5,7,9-11,16H,6,8,12-13H2,(H,21,22)(H,25,26)/t16-/m1/s1. The topological polar surface area (TPSA) is 105 Å². The first kappa shape index (κ1) is 18.5. The van der Waals surface area contributed by atoms with Gasteiger partial charge in [-0.05, 0) is 18.1 Å². The SMILES string of the molecule is O=C(O)C=Cc1cnc(N[C@@H]2CCC(=O)N(OCc3ccccc3)C2)cn1. The van der Waals surface area contributed by atoms with E-state index in [1.807, 2.05) is 30.3 Å². The Morgan fingerprint density at radius 2 is 2.11 bits per heavy atom. The lowest BCUT2D eigenvalue weighted by atomic mass is 10.1. The number of benzene rings is 1. The van der Waals surface area contributed by atoms with Crippen molar-refractivity contribution in [2.75, 3.05) is 11.9 Å². The molecule has 1 aliphatic rings. The quantitative estimate of drug-likeness (QED) is 0.721. The van der Waals surface area contributed by atoms with Gasteiger partial charge in [0.2, 0.25) is 5.91 Å². The van der Waals surface area contributed by atoms with E-state index in [0.717, 1.165) is 11.6 Å². The average Bonchev–Trinajstić information content (AvgIpc) is 2.68. The van der Waals surface area contributed by atoms with Crippen LogP contribution < -0.4 is 5.32 Å². The molecule has 1 amide bonds. The van der Waals surface area contributed by atoms with Crippen molar-refractivity contribution in [3.63, 3.8) is 0 Å². The Labute approximate surface area is 156 Å². The monoisotopic (exact) mass is 368 g/mol. The fraction of sp³-hybridized carbons (Fsp3) is 0.263. The second-order valence-corrected chi connectivity index (χ2v) is 6.09. The highest BCUT2D eigenvalue weighted by molar-refractivity contribution is 5.84. The van der Waals surface area contributed by atoms with E-state index in [1.54, 1.807) is 0 Å². The summed E-state index contributed by atoms with van der Waals surface area (Å²) in [4.78, 5) is 36.6. The summed E-state index contributed by atoms with van der Waals surface area (Å²) in [6.07, 6.45) is 6.46. The lowest BCUT2D eigenvalue weighted by Gasteiger charge is -2.32. The van der Waals surface area contributed by atoms with Gasteiger partial charge in [0.15, 0.2) is 0 Å². The van der Waals surface area contributed by atoms with Gasteiger partial charge in [0, 0.05) is 18.5 Å². The van der Waals surface area contributed by atoms with Crippen molar-refractivity contribution < 1.29 is 19.5 Å². The van der Waals surface area contributed by atoms with Crippen LogP contribution in [0.25, 0.3) is 6.08 Å². The second kappa shape index (κ2) is 8.91. The van der Waals surface area contributed by atoms with E-state index in [-0.39, 0.29) is 11.9 Å². The largest absolute Gasteiger partial charge is 0.478 e. The first-order chi connectivity index (χ1) is 13.1. The smallest absolute Gasteiger partial charge is 0.328 e. The van der Waals surface area contributed by atoms with Gasteiger partial charge in [-0.1, -0.05) is 30.3 Å². The van der Waals surface area contributed by atoms with E-state index in [1.165, 1.54) is 23.5 Å². The molecular formula is C19H20N4O4. The molecule has 0 unspecified atom stereocenters. The van der Waals surface area contributed by atoms with Crippen LogP contribution in [0, 0.1) is 0 Å². The molecule has 0 bridgehead atoms. The van der Waals surface area contributed by atoms with Gasteiger partial charge >= 0.3 is 5.97 Å². The van der Waals surface area contributed by atoms with E-state index in [4.69, 9.17) is 9.94 Å². The third-order valence-electron chi connectivity index (χ3n) is 4.02. The molecule has 2 aromatic rings. The lowest BCUT2D eigenvalue weighted by molar-refractivity contribution is -0.197. The summed E-state index contributed by atoms with van der Waals surface area (Å²) in [5.41, 5.74) is 1.45. The minimum absolute atomic E-state index is 0.00631. The number of nitrogens with zero attached hydrogens (tertiary/aromatic N) is 3. The number of carbonyl (C=O) groups is 2. The number of hydroxylamine groups is 2. The summed E-state index contributed by atoms with van der Waals surface area (Å²) < 4.78 is 0. The highest BCUT2D eigenvalue weighted by Crippen LogP contribution is 2.17. The Balaban J connectivity index is 1.54. The molecule has 2 N–H and O–H groups in total. The van der Waals surface area contributed by atoms with Crippen LogP contribution in [-0.2, 0) is 21.0 Å². The molecule has 0 spiro atoms. The van der Waals surface area contributed by atoms with Gasteiger partial charge < -0.3 is 10.4 Å². The molecule has 0 radical (unpaired) electrons. The maximum Gasteiger partial charge on any atom is 0.328 e. The third-order valence-corrected chi connectivity index (χ3v) is 4.02. The third kappa shape index (κ3) is 5.61. The summed E-state index contributed by atoms with van der Waals surface area (Å²) in [5, 5.41) is 13.2. The Kier molecular flexibility index (Phi) is 6.11. The highest BCUT2D eigenvalue weighted by Gasteiger charge is 2.26. The zero-order chi connectivity index (χ0) is 19.1. The number of piperidine rings is 1. The van der Waals surface area contributed by atoms with Crippen LogP contribution in [0.15, 0.2) is 48.8 Å². The first-order valence-electron chi connectivity index (χ1n) is 8.57. The van der Waals surface area contributed by atoms with Crippen molar-refractivity contribution in [3.05, 3.63) is 60.1 Å². The number of hydrogen-bond acceptors (Lipinski definition) is 6. The van der Waals surface area contributed by atoms with Crippen molar-refractivity contribution in [2.45, 2.75) is 25.5 Å². The van der Waals surface area contributed by atoms with Gasteiger partial charge in [0.25, 0.3) is 0 Å². The molecule has 1 aromatic carbocycles. The lowest BCUT2D eigenvalue weighted by Crippen LogP contribution is -2.45. The van der Waals surface area contributed by atoms with Crippen LogP contribution in [0.1, 0.15) is 24.1 Å². The number of hydrogen-bond donors (Lipinski definition) is 2. The minimum atomic E-state index is -1.04. The molecule has 3 rings (SSSR count). The summed E-state index contributed by atoms with van der Waals surface area (Å²) in [6, 6.07) is 9.66. The summed E-state index contributed by atoms with van der Waals surface area (Å²) in [7, 11) is 0. The molecule has 1 aliphatic heterocycles. The molecule has 1 atom stereocenters. The number of aromatic nitrogens is 2.